The predicted molar refractivity (Wildman–Crippen MR) is 101 cm³/mol. The first-order chi connectivity index (χ1) is 12.7. The highest BCUT2D eigenvalue weighted by Crippen LogP contribution is 2.23. The summed E-state index contributed by atoms with van der Waals surface area (Å²) in [5, 5.41) is 3.15. The Bertz CT molecular complexity index is 723. The molecule has 2 unspecified atom stereocenters. The van der Waals surface area contributed by atoms with Crippen LogP contribution in [0.5, 0.6) is 5.75 Å². The van der Waals surface area contributed by atoms with E-state index >= 15 is 0 Å². The van der Waals surface area contributed by atoms with E-state index < -0.39 is 0 Å². The topological polar surface area (TPSA) is 67.3 Å². The van der Waals surface area contributed by atoms with Crippen LogP contribution in [0.4, 0.5) is 5.95 Å². The lowest BCUT2D eigenvalue weighted by molar-refractivity contribution is -0.125. The Morgan fingerprint density at radius 3 is 2.92 bits per heavy atom. The summed E-state index contributed by atoms with van der Waals surface area (Å²) in [5.41, 5.74) is 1.04. The summed E-state index contributed by atoms with van der Waals surface area (Å²) in [6.45, 7) is 6.14. The molecule has 2 heterocycles. The first-order valence-electron chi connectivity index (χ1n) is 9.22. The molecule has 1 saturated heterocycles. The van der Waals surface area contributed by atoms with Gasteiger partial charge < -0.3 is 15.0 Å². The number of anilines is 1. The van der Waals surface area contributed by atoms with E-state index in [-0.39, 0.29) is 17.9 Å². The van der Waals surface area contributed by atoms with E-state index in [4.69, 9.17) is 4.74 Å². The van der Waals surface area contributed by atoms with E-state index in [0.29, 0.717) is 19.1 Å². The molecule has 1 fully saturated rings. The van der Waals surface area contributed by atoms with E-state index in [2.05, 4.69) is 20.2 Å². The van der Waals surface area contributed by atoms with Crippen LogP contribution < -0.4 is 15.0 Å². The Morgan fingerprint density at radius 1 is 1.35 bits per heavy atom. The molecule has 0 bridgehead atoms. The molecule has 0 aliphatic carbocycles. The highest BCUT2D eigenvalue weighted by molar-refractivity contribution is 5.80. The van der Waals surface area contributed by atoms with E-state index in [0.717, 1.165) is 30.7 Å². The van der Waals surface area contributed by atoms with E-state index in [1.54, 1.807) is 18.5 Å². The molecule has 2 atom stereocenters. The second kappa shape index (κ2) is 8.65. The first kappa shape index (κ1) is 18.2. The van der Waals surface area contributed by atoms with Gasteiger partial charge in [0.2, 0.25) is 11.9 Å². The zero-order valence-electron chi connectivity index (χ0n) is 15.4. The molecule has 1 aromatic heterocycles. The molecule has 0 spiro atoms. The van der Waals surface area contributed by atoms with Crippen molar-refractivity contribution in [2.24, 2.45) is 5.92 Å². The van der Waals surface area contributed by atoms with Crippen molar-refractivity contribution in [3.63, 3.8) is 0 Å². The quantitative estimate of drug-likeness (QED) is 0.864. The number of carbonyl (C=O) groups is 1. The van der Waals surface area contributed by atoms with Crippen molar-refractivity contribution >= 4 is 11.9 Å². The number of amides is 1. The minimum Gasteiger partial charge on any atom is -0.494 e. The average Bonchev–Trinajstić information content (AvgIpc) is 2.69. The molecule has 1 N–H and O–H groups in total. The van der Waals surface area contributed by atoms with Crippen molar-refractivity contribution in [1.29, 1.82) is 0 Å². The van der Waals surface area contributed by atoms with Gasteiger partial charge in [-0.1, -0.05) is 12.1 Å². The lowest BCUT2D eigenvalue weighted by atomic mass is 9.96. The molecule has 1 amide bonds. The SMILES string of the molecule is CCOc1cccc(C(C)NC(=O)C2CCCN(c3ncccn3)C2)c1. The lowest BCUT2D eigenvalue weighted by Crippen LogP contribution is -2.44. The number of nitrogens with zero attached hydrogens (tertiary/aromatic N) is 3. The highest BCUT2D eigenvalue weighted by atomic mass is 16.5. The molecule has 6 nitrogen and oxygen atoms in total. The van der Waals surface area contributed by atoms with Gasteiger partial charge in [0.15, 0.2) is 0 Å². The Labute approximate surface area is 154 Å². The second-order valence-corrected chi connectivity index (χ2v) is 6.57. The van der Waals surface area contributed by atoms with Crippen LogP contribution in [-0.4, -0.2) is 35.6 Å². The number of benzene rings is 1. The van der Waals surface area contributed by atoms with Crippen LogP contribution in [0.1, 0.15) is 38.3 Å². The van der Waals surface area contributed by atoms with Gasteiger partial charge >= 0.3 is 0 Å². The zero-order valence-corrected chi connectivity index (χ0v) is 15.4. The van der Waals surface area contributed by atoms with Gasteiger partial charge in [0.05, 0.1) is 18.6 Å². The number of aromatic nitrogens is 2. The van der Waals surface area contributed by atoms with E-state index in [1.165, 1.54) is 0 Å². The van der Waals surface area contributed by atoms with Crippen LogP contribution in [0, 0.1) is 5.92 Å². The average molecular weight is 354 g/mol. The molecule has 2 aromatic rings. The van der Waals surface area contributed by atoms with Crippen LogP contribution in [0.3, 0.4) is 0 Å². The van der Waals surface area contributed by atoms with Gasteiger partial charge in [-0.15, -0.1) is 0 Å². The van der Waals surface area contributed by atoms with Gasteiger partial charge in [-0.2, -0.15) is 0 Å². The van der Waals surface area contributed by atoms with Crippen molar-refractivity contribution in [2.45, 2.75) is 32.7 Å². The van der Waals surface area contributed by atoms with Crippen LogP contribution >= 0.6 is 0 Å². The third-order valence-electron chi connectivity index (χ3n) is 4.66. The summed E-state index contributed by atoms with van der Waals surface area (Å²) < 4.78 is 5.55. The number of nitrogens with one attached hydrogen (secondary N) is 1. The number of hydrogen-bond donors (Lipinski definition) is 1. The molecule has 1 aromatic carbocycles. The number of piperidine rings is 1. The third-order valence-corrected chi connectivity index (χ3v) is 4.66. The first-order valence-corrected chi connectivity index (χ1v) is 9.22. The van der Waals surface area contributed by atoms with Gasteiger partial charge in [0.1, 0.15) is 5.75 Å². The standard InChI is InChI=1S/C20H26N4O2/c1-3-26-18-9-4-7-16(13-18)15(2)23-19(25)17-8-5-12-24(14-17)20-21-10-6-11-22-20/h4,6-7,9-11,13,15,17H,3,5,8,12,14H2,1-2H3,(H,23,25). The Hall–Kier alpha value is -2.63. The van der Waals surface area contributed by atoms with Gasteiger partial charge in [0.25, 0.3) is 0 Å². The third kappa shape index (κ3) is 4.50. The van der Waals surface area contributed by atoms with Crippen molar-refractivity contribution in [2.75, 3.05) is 24.6 Å². The van der Waals surface area contributed by atoms with Crippen molar-refractivity contribution < 1.29 is 9.53 Å². The lowest BCUT2D eigenvalue weighted by Gasteiger charge is -2.32. The summed E-state index contributed by atoms with van der Waals surface area (Å²) >= 11 is 0. The van der Waals surface area contributed by atoms with Crippen LogP contribution in [0.25, 0.3) is 0 Å². The molecule has 1 aliphatic rings. The van der Waals surface area contributed by atoms with Gasteiger partial charge in [-0.05, 0) is 50.5 Å². The Kier molecular flexibility index (Phi) is 6.04. The molecule has 6 heteroatoms. The molecule has 0 radical (unpaired) electrons. The fraction of sp³-hybridized carbons (Fsp3) is 0.450. The molecular formula is C20H26N4O2. The number of rotatable bonds is 6. The van der Waals surface area contributed by atoms with Crippen molar-refractivity contribution in [3.8, 4) is 5.75 Å². The van der Waals surface area contributed by atoms with E-state index in [9.17, 15) is 4.79 Å². The van der Waals surface area contributed by atoms with Gasteiger partial charge in [0, 0.05) is 25.5 Å². The number of ether oxygens (including phenoxy) is 1. The summed E-state index contributed by atoms with van der Waals surface area (Å²) in [5.74, 6) is 1.56. The Balaban J connectivity index is 1.61. The molecule has 1 aliphatic heterocycles. The number of hydrogen-bond acceptors (Lipinski definition) is 5. The summed E-state index contributed by atoms with van der Waals surface area (Å²) in [7, 11) is 0. The molecule has 0 saturated carbocycles. The smallest absolute Gasteiger partial charge is 0.225 e. The van der Waals surface area contributed by atoms with Crippen LogP contribution in [0.15, 0.2) is 42.7 Å². The van der Waals surface area contributed by atoms with Gasteiger partial charge in [-0.25, -0.2) is 9.97 Å². The molecule has 26 heavy (non-hydrogen) atoms. The largest absolute Gasteiger partial charge is 0.494 e. The second-order valence-electron chi connectivity index (χ2n) is 6.57. The molecule has 3 rings (SSSR count). The van der Waals surface area contributed by atoms with Crippen LogP contribution in [0.2, 0.25) is 0 Å². The van der Waals surface area contributed by atoms with Crippen molar-refractivity contribution in [1.82, 2.24) is 15.3 Å². The normalized spacial score (nSPS) is 18.2. The summed E-state index contributed by atoms with van der Waals surface area (Å²) in [6, 6.07) is 9.62. The van der Waals surface area contributed by atoms with Crippen LogP contribution in [-0.2, 0) is 4.79 Å². The zero-order chi connectivity index (χ0) is 18.4. The number of carbonyl (C=O) groups excluding carboxylic acids is 1. The highest BCUT2D eigenvalue weighted by Gasteiger charge is 2.27. The minimum atomic E-state index is -0.0637. The maximum absolute atomic E-state index is 12.8. The Morgan fingerprint density at radius 2 is 2.15 bits per heavy atom. The maximum atomic E-state index is 12.8. The van der Waals surface area contributed by atoms with E-state index in [1.807, 2.05) is 38.1 Å². The summed E-state index contributed by atoms with van der Waals surface area (Å²) in [6.07, 6.45) is 5.32. The van der Waals surface area contributed by atoms with Crippen molar-refractivity contribution in [3.05, 3.63) is 48.3 Å². The monoisotopic (exact) mass is 354 g/mol. The molecule has 138 valence electrons. The predicted octanol–water partition coefficient (Wildman–Crippen LogP) is 2.97. The summed E-state index contributed by atoms with van der Waals surface area (Å²) in [4.78, 5) is 23.5. The van der Waals surface area contributed by atoms with Gasteiger partial charge in [-0.3, -0.25) is 4.79 Å². The minimum absolute atomic E-state index is 0.0509. The fourth-order valence-electron chi connectivity index (χ4n) is 3.28. The fourth-order valence-corrected chi connectivity index (χ4v) is 3.28. The molecular weight excluding hydrogens is 328 g/mol. The maximum Gasteiger partial charge on any atom is 0.225 e.